The van der Waals surface area contributed by atoms with Crippen LogP contribution in [0.1, 0.15) is 16.8 Å². The van der Waals surface area contributed by atoms with Crippen LogP contribution in [0.5, 0.6) is 5.75 Å². The van der Waals surface area contributed by atoms with Gasteiger partial charge in [-0.2, -0.15) is 0 Å². The second-order valence-corrected chi connectivity index (χ2v) is 5.74. The third-order valence-corrected chi connectivity index (χ3v) is 3.93. The predicted octanol–water partition coefficient (Wildman–Crippen LogP) is 3.41. The zero-order chi connectivity index (χ0) is 16.9. The van der Waals surface area contributed by atoms with E-state index in [0.29, 0.717) is 13.0 Å². The van der Waals surface area contributed by atoms with Gasteiger partial charge in [0.15, 0.2) is 0 Å². The Labute approximate surface area is 141 Å². The maximum Gasteiger partial charge on any atom is 0.224 e. The number of benzene rings is 2. The van der Waals surface area contributed by atoms with Crippen LogP contribution >= 0.6 is 0 Å². The van der Waals surface area contributed by atoms with Crippen LogP contribution in [0.4, 0.5) is 0 Å². The lowest BCUT2D eigenvalue weighted by molar-refractivity contribution is -0.120. The van der Waals surface area contributed by atoms with Gasteiger partial charge in [0.25, 0.3) is 0 Å². The van der Waals surface area contributed by atoms with Crippen LogP contribution in [0.2, 0.25) is 0 Å². The molecule has 0 bridgehead atoms. The molecule has 1 aromatic heterocycles. The van der Waals surface area contributed by atoms with Crippen molar-refractivity contribution in [2.75, 3.05) is 7.11 Å². The van der Waals surface area contributed by atoms with Gasteiger partial charge >= 0.3 is 0 Å². The van der Waals surface area contributed by atoms with Gasteiger partial charge in [-0.1, -0.05) is 30.3 Å². The lowest BCUT2D eigenvalue weighted by Gasteiger charge is -2.10. The minimum absolute atomic E-state index is 0.00119. The van der Waals surface area contributed by atoms with Crippen molar-refractivity contribution < 1.29 is 9.53 Å². The van der Waals surface area contributed by atoms with E-state index in [0.717, 1.165) is 33.5 Å². The zero-order valence-electron chi connectivity index (χ0n) is 13.9. The van der Waals surface area contributed by atoms with E-state index in [1.165, 1.54) is 0 Å². The van der Waals surface area contributed by atoms with Crippen LogP contribution in [-0.2, 0) is 17.8 Å². The third-order valence-electron chi connectivity index (χ3n) is 3.93. The topological polar surface area (TPSA) is 51.2 Å². The van der Waals surface area contributed by atoms with Crippen molar-refractivity contribution in [3.8, 4) is 5.75 Å². The van der Waals surface area contributed by atoms with Crippen LogP contribution < -0.4 is 10.1 Å². The number of hydrogen-bond acceptors (Lipinski definition) is 3. The number of nitrogens with one attached hydrogen (secondary N) is 1. The molecule has 1 N–H and O–H groups in total. The fourth-order valence-corrected chi connectivity index (χ4v) is 2.73. The van der Waals surface area contributed by atoms with Crippen molar-refractivity contribution >= 4 is 16.8 Å². The number of nitrogens with zero attached hydrogens (tertiary/aromatic N) is 1. The van der Waals surface area contributed by atoms with Gasteiger partial charge in [0.05, 0.1) is 19.0 Å². The van der Waals surface area contributed by atoms with Crippen molar-refractivity contribution in [1.82, 2.24) is 10.3 Å². The van der Waals surface area contributed by atoms with Crippen LogP contribution in [0, 0.1) is 6.92 Å². The van der Waals surface area contributed by atoms with E-state index in [4.69, 9.17) is 4.74 Å². The number of rotatable bonds is 5. The first-order valence-corrected chi connectivity index (χ1v) is 7.90. The molecule has 1 amide bonds. The van der Waals surface area contributed by atoms with Gasteiger partial charge in [-0.25, -0.2) is 0 Å². The van der Waals surface area contributed by atoms with Gasteiger partial charge in [-0.15, -0.1) is 0 Å². The summed E-state index contributed by atoms with van der Waals surface area (Å²) >= 11 is 0. The van der Waals surface area contributed by atoms with E-state index in [1.807, 2.05) is 61.5 Å². The minimum Gasteiger partial charge on any atom is -0.497 e. The number of para-hydroxylation sites is 1. The highest BCUT2D eigenvalue weighted by molar-refractivity contribution is 5.83. The number of aryl methyl sites for hydroxylation is 1. The van der Waals surface area contributed by atoms with Gasteiger partial charge in [0.2, 0.25) is 5.91 Å². The highest BCUT2D eigenvalue weighted by atomic mass is 16.5. The van der Waals surface area contributed by atoms with Crippen molar-refractivity contribution in [3.63, 3.8) is 0 Å². The number of ether oxygens (including phenoxy) is 1. The number of fused-ring (bicyclic) bond motifs is 1. The quantitative estimate of drug-likeness (QED) is 0.784. The second kappa shape index (κ2) is 7.13. The average molecular weight is 320 g/mol. The molecular formula is C20H20N2O2. The average Bonchev–Trinajstić information content (AvgIpc) is 2.60. The van der Waals surface area contributed by atoms with Crippen molar-refractivity contribution in [2.45, 2.75) is 19.9 Å². The molecule has 0 fully saturated rings. The van der Waals surface area contributed by atoms with Crippen molar-refractivity contribution in [1.29, 1.82) is 0 Å². The standard InChI is InChI=1S/C20H20N2O2/c1-14-11-16(18-5-3-4-6-19(18)22-14)13-21-20(23)12-15-7-9-17(24-2)10-8-15/h3-11H,12-13H2,1-2H3,(H,21,23). The lowest BCUT2D eigenvalue weighted by Crippen LogP contribution is -2.24. The molecule has 4 nitrogen and oxygen atoms in total. The van der Waals surface area contributed by atoms with Crippen LogP contribution in [0.25, 0.3) is 10.9 Å². The molecule has 2 aromatic carbocycles. The largest absolute Gasteiger partial charge is 0.497 e. The summed E-state index contributed by atoms with van der Waals surface area (Å²) in [5, 5.41) is 4.07. The molecule has 0 spiro atoms. The Balaban J connectivity index is 1.68. The number of pyridine rings is 1. The summed E-state index contributed by atoms with van der Waals surface area (Å²) in [6, 6.07) is 17.6. The van der Waals surface area contributed by atoms with E-state index >= 15 is 0 Å². The maximum absolute atomic E-state index is 12.2. The molecule has 0 aliphatic carbocycles. The number of aromatic nitrogens is 1. The Hall–Kier alpha value is -2.88. The Morgan fingerprint density at radius 2 is 1.88 bits per heavy atom. The molecule has 0 aliphatic rings. The first-order valence-electron chi connectivity index (χ1n) is 7.90. The number of carbonyl (C=O) groups excluding carboxylic acids is 1. The predicted molar refractivity (Wildman–Crippen MR) is 95.0 cm³/mol. The van der Waals surface area contributed by atoms with Crippen molar-refractivity contribution in [3.05, 3.63) is 71.4 Å². The van der Waals surface area contributed by atoms with E-state index in [-0.39, 0.29) is 5.91 Å². The number of carbonyl (C=O) groups is 1. The summed E-state index contributed by atoms with van der Waals surface area (Å²) in [4.78, 5) is 16.7. The van der Waals surface area contributed by atoms with Crippen LogP contribution in [0.3, 0.4) is 0 Å². The molecule has 3 rings (SSSR count). The zero-order valence-corrected chi connectivity index (χ0v) is 13.9. The number of methoxy groups -OCH3 is 1. The minimum atomic E-state index is -0.00119. The molecule has 0 aliphatic heterocycles. The van der Waals surface area contributed by atoms with Gasteiger partial charge in [-0.05, 0) is 42.3 Å². The van der Waals surface area contributed by atoms with Crippen molar-refractivity contribution in [2.24, 2.45) is 0 Å². The van der Waals surface area contributed by atoms with Gasteiger partial charge in [-0.3, -0.25) is 9.78 Å². The Morgan fingerprint density at radius 3 is 2.62 bits per heavy atom. The lowest BCUT2D eigenvalue weighted by atomic mass is 10.1. The Morgan fingerprint density at radius 1 is 1.12 bits per heavy atom. The first kappa shape index (κ1) is 16.0. The highest BCUT2D eigenvalue weighted by Gasteiger charge is 2.07. The summed E-state index contributed by atoms with van der Waals surface area (Å²) in [5.41, 5.74) is 3.95. The molecule has 0 saturated heterocycles. The summed E-state index contributed by atoms with van der Waals surface area (Å²) < 4.78 is 5.13. The molecule has 0 radical (unpaired) electrons. The Bertz CT molecular complexity index is 857. The van der Waals surface area contributed by atoms with E-state index in [2.05, 4.69) is 10.3 Å². The highest BCUT2D eigenvalue weighted by Crippen LogP contribution is 2.18. The molecule has 122 valence electrons. The maximum atomic E-state index is 12.2. The number of amides is 1. The molecule has 0 saturated carbocycles. The molecule has 24 heavy (non-hydrogen) atoms. The van der Waals surface area contributed by atoms with Crippen LogP contribution in [0.15, 0.2) is 54.6 Å². The molecular weight excluding hydrogens is 300 g/mol. The van der Waals surface area contributed by atoms with Crippen LogP contribution in [-0.4, -0.2) is 18.0 Å². The second-order valence-electron chi connectivity index (χ2n) is 5.74. The fraction of sp³-hybridized carbons (Fsp3) is 0.200. The molecule has 0 atom stereocenters. The summed E-state index contributed by atoms with van der Waals surface area (Å²) in [5.74, 6) is 0.789. The molecule has 4 heteroatoms. The smallest absolute Gasteiger partial charge is 0.224 e. The Kier molecular flexibility index (Phi) is 4.75. The summed E-state index contributed by atoms with van der Waals surface area (Å²) in [6.07, 6.45) is 0.353. The molecule has 0 unspecified atom stereocenters. The van der Waals surface area contributed by atoms with Gasteiger partial charge in [0, 0.05) is 17.6 Å². The molecule has 3 aromatic rings. The SMILES string of the molecule is COc1ccc(CC(=O)NCc2cc(C)nc3ccccc23)cc1. The van der Waals surface area contributed by atoms with E-state index in [9.17, 15) is 4.79 Å². The number of hydrogen-bond donors (Lipinski definition) is 1. The molecule has 1 heterocycles. The van der Waals surface area contributed by atoms with E-state index in [1.54, 1.807) is 7.11 Å². The summed E-state index contributed by atoms with van der Waals surface area (Å²) in [7, 11) is 1.63. The van der Waals surface area contributed by atoms with E-state index < -0.39 is 0 Å². The monoisotopic (exact) mass is 320 g/mol. The van der Waals surface area contributed by atoms with Gasteiger partial charge in [0.1, 0.15) is 5.75 Å². The fourth-order valence-electron chi connectivity index (χ4n) is 2.73. The normalized spacial score (nSPS) is 10.6. The third kappa shape index (κ3) is 3.71. The first-order chi connectivity index (χ1) is 11.7. The van der Waals surface area contributed by atoms with Gasteiger partial charge < -0.3 is 10.1 Å². The summed E-state index contributed by atoms with van der Waals surface area (Å²) in [6.45, 7) is 2.47.